The molecule has 1 atom stereocenters. The zero-order valence-corrected chi connectivity index (χ0v) is 12.9. The molecule has 0 aliphatic carbocycles. The van der Waals surface area contributed by atoms with Crippen molar-refractivity contribution in [3.63, 3.8) is 0 Å². The predicted molar refractivity (Wildman–Crippen MR) is 81.6 cm³/mol. The van der Waals surface area contributed by atoms with Gasteiger partial charge in [-0.3, -0.25) is 0 Å². The van der Waals surface area contributed by atoms with Crippen molar-refractivity contribution in [2.24, 2.45) is 0 Å². The molecule has 0 bridgehead atoms. The molecular formula is C17H19NO4. The van der Waals surface area contributed by atoms with Crippen LogP contribution < -0.4 is 0 Å². The smallest absolute Gasteiger partial charge is 0.355 e. The fourth-order valence-corrected chi connectivity index (χ4v) is 2.38. The van der Waals surface area contributed by atoms with E-state index in [4.69, 9.17) is 9.47 Å². The third-order valence-electron chi connectivity index (χ3n) is 3.56. The Kier molecular flexibility index (Phi) is 4.99. The van der Waals surface area contributed by atoms with E-state index in [2.05, 4.69) is 0 Å². The van der Waals surface area contributed by atoms with E-state index in [1.165, 1.54) is 14.2 Å². The Balaban J connectivity index is 2.44. The van der Waals surface area contributed by atoms with E-state index < -0.39 is 11.9 Å². The molecule has 1 aromatic carbocycles. The Morgan fingerprint density at radius 3 is 2.32 bits per heavy atom. The molecule has 0 saturated carbocycles. The van der Waals surface area contributed by atoms with Gasteiger partial charge in [0.1, 0.15) is 5.70 Å². The number of nitrogens with zero attached hydrogens (tertiary/aromatic N) is 1. The molecule has 0 aromatic heterocycles. The standard InChI is InChI=1S/C17H19NO4/c1-12-9-10-14(16(19)21-2)15(17(20)22-3)18(12)11-13-7-5-4-6-8-13/h4-10,12H,11H2,1-3H3. The molecule has 116 valence electrons. The van der Waals surface area contributed by atoms with Crippen LogP contribution in [0.3, 0.4) is 0 Å². The Labute approximate surface area is 129 Å². The summed E-state index contributed by atoms with van der Waals surface area (Å²) in [6.45, 7) is 2.45. The number of ether oxygens (including phenoxy) is 2. The maximum atomic E-state index is 12.2. The zero-order valence-electron chi connectivity index (χ0n) is 12.9. The number of hydrogen-bond acceptors (Lipinski definition) is 5. The lowest BCUT2D eigenvalue weighted by molar-refractivity contribution is -0.141. The first-order chi connectivity index (χ1) is 10.6. The van der Waals surface area contributed by atoms with Crippen LogP contribution in [-0.2, 0) is 25.6 Å². The largest absolute Gasteiger partial charge is 0.465 e. The lowest BCUT2D eigenvalue weighted by Gasteiger charge is -2.34. The van der Waals surface area contributed by atoms with Crippen LogP contribution in [0, 0.1) is 0 Å². The van der Waals surface area contributed by atoms with E-state index in [-0.39, 0.29) is 17.3 Å². The van der Waals surface area contributed by atoms with Crippen LogP contribution >= 0.6 is 0 Å². The number of rotatable bonds is 4. The van der Waals surface area contributed by atoms with Crippen molar-refractivity contribution in [3.8, 4) is 0 Å². The van der Waals surface area contributed by atoms with Crippen molar-refractivity contribution in [2.75, 3.05) is 14.2 Å². The number of carbonyl (C=O) groups excluding carboxylic acids is 2. The Bertz CT molecular complexity index is 619. The molecule has 2 rings (SSSR count). The van der Waals surface area contributed by atoms with Gasteiger partial charge in [0.25, 0.3) is 0 Å². The van der Waals surface area contributed by atoms with Gasteiger partial charge in [-0.25, -0.2) is 9.59 Å². The highest BCUT2D eigenvalue weighted by Gasteiger charge is 2.31. The molecule has 1 aliphatic heterocycles. The van der Waals surface area contributed by atoms with Crippen molar-refractivity contribution >= 4 is 11.9 Å². The average molecular weight is 301 g/mol. The first-order valence-electron chi connectivity index (χ1n) is 6.98. The maximum Gasteiger partial charge on any atom is 0.355 e. The van der Waals surface area contributed by atoms with Crippen molar-refractivity contribution < 1.29 is 19.1 Å². The highest BCUT2D eigenvalue weighted by molar-refractivity contribution is 6.02. The van der Waals surface area contributed by atoms with Crippen molar-refractivity contribution in [1.82, 2.24) is 4.90 Å². The van der Waals surface area contributed by atoms with Gasteiger partial charge in [-0.15, -0.1) is 0 Å². The second kappa shape index (κ2) is 6.93. The number of hydrogen-bond donors (Lipinski definition) is 0. The van der Waals surface area contributed by atoms with Crippen LogP contribution in [0.2, 0.25) is 0 Å². The third-order valence-corrected chi connectivity index (χ3v) is 3.56. The van der Waals surface area contributed by atoms with E-state index >= 15 is 0 Å². The van der Waals surface area contributed by atoms with Crippen molar-refractivity contribution in [1.29, 1.82) is 0 Å². The van der Waals surface area contributed by atoms with Gasteiger partial charge in [0.15, 0.2) is 0 Å². The molecule has 1 aromatic rings. The molecule has 1 aliphatic rings. The van der Waals surface area contributed by atoms with Crippen LogP contribution in [-0.4, -0.2) is 37.1 Å². The zero-order chi connectivity index (χ0) is 16.1. The first-order valence-corrected chi connectivity index (χ1v) is 6.98. The molecule has 1 heterocycles. The Morgan fingerprint density at radius 2 is 1.73 bits per heavy atom. The summed E-state index contributed by atoms with van der Waals surface area (Å²) in [5, 5.41) is 0. The van der Waals surface area contributed by atoms with Gasteiger partial charge in [-0.2, -0.15) is 0 Å². The monoisotopic (exact) mass is 301 g/mol. The molecule has 0 saturated heterocycles. The number of esters is 2. The molecule has 0 radical (unpaired) electrons. The van der Waals surface area contributed by atoms with Gasteiger partial charge in [-0.05, 0) is 18.6 Å². The highest BCUT2D eigenvalue weighted by Crippen LogP contribution is 2.25. The van der Waals surface area contributed by atoms with Crippen molar-refractivity contribution in [3.05, 3.63) is 59.3 Å². The Morgan fingerprint density at radius 1 is 1.09 bits per heavy atom. The Hall–Kier alpha value is -2.56. The maximum absolute atomic E-state index is 12.2. The van der Waals surface area contributed by atoms with Crippen LogP contribution in [0.4, 0.5) is 0 Å². The van der Waals surface area contributed by atoms with Gasteiger partial charge in [-0.1, -0.05) is 36.4 Å². The van der Waals surface area contributed by atoms with Crippen LogP contribution in [0.5, 0.6) is 0 Å². The molecule has 1 unspecified atom stereocenters. The van der Waals surface area contributed by atoms with Gasteiger partial charge in [0.05, 0.1) is 19.8 Å². The summed E-state index contributed by atoms with van der Waals surface area (Å²) < 4.78 is 9.62. The quantitative estimate of drug-likeness (QED) is 0.797. The van der Waals surface area contributed by atoms with Crippen LogP contribution in [0.1, 0.15) is 12.5 Å². The van der Waals surface area contributed by atoms with E-state index in [1.54, 1.807) is 6.08 Å². The fourth-order valence-electron chi connectivity index (χ4n) is 2.38. The molecule has 5 heteroatoms. The summed E-state index contributed by atoms with van der Waals surface area (Å²) in [7, 11) is 2.59. The third kappa shape index (κ3) is 3.19. The fraction of sp³-hybridized carbons (Fsp3) is 0.294. The summed E-state index contributed by atoms with van der Waals surface area (Å²) in [6.07, 6.45) is 3.48. The first kappa shape index (κ1) is 15.8. The van der Waals surface area contributed by atoms with Gasteiger partial charge in [0, 0.05) is 12.6 Å². The summed E-state index contributed by atoms with van der Waals surface area (Å²) in [5.74, 6) is -1.10. The van der Waals surface area contributed by atoms with Crippen LogP contribution in [0.15, 0.2) is 53.8 Å². The lowest BCUT2D eigenvalue weighted by atomic mass is 10.0. The number of methoxy groups -OCH3 is 2. The molecule has 0 N–H and O–H groups in total. The summed E-state index contributed by atoms with van der Waals surface area (Å²) in [5.41, 5.74) is 1.48. The number of carbonyl (C=O) groups is 2. The van der Waals surface area contributed by atoms with Gasteiger partial charge >= 0.3 is 11.9 Å². The minimum atomic E-state index is -0.554. The van der Waals surface area contributed by atoms with Crippen LogP contribution in [0.25, 0.3) is 0 Å². The topological polar surface area (TPSA) is 55.8 Å². The molecule has 0 fully saturated rings. The molecule has 22 heavy (non-hydrogen) atoms. The number of benzene rings is 1. The predicted octanol–water partition coefficient (Wildman–Crippen LogP) is 2.05. The molecule has 5 nitrogen and oxygen atoms in total. The molecular weight excluding hydrogens is 282 g/mol. The van der Waals surface area contributed by atoms with Crippen molar-refractivity contribution in [2.45, 2.75) is 19.5 Å². The van der Waals surface area contributed by atoms with E-state index in [0.29, 0.717) is 6.54 Å². The lowest BCUT2D eigenvalue weighted by Crippen LogP contribution is -2.38. The van der Waals surface area contributed by atoms with Gasteiger partial charge < -0.3 is 14.4 Å². The van der Waals surface area contributed by atoms with E-state index in [9.17, 15) is 9.59 Å². The second-order valence-corrected chi connectivity index (χ2v) is 4.96. The van der Waals surface area contributed by atoms with Gasteiger partial charge in [0.2, 0.25) is 0 Å². The van der Waals surface area contributed by atoms with E-state index in [1.807, 2.05) is 48.2 Å². The minimum Gasteiger partial charge on any atom is -0.465 e. The SMILES string of the molecule is COC(=O)C1=C(C(=O)OC)N(Cc2ccccc2)C(C)C=C1. The average Bonchev–Trinajstić information content (AvgIpc) is 2.56. The summed E-state index contributed by atoms with van der Waals surface area (Å²) in [6, 6.07) is 9.70. The molecule has 0 spiro atoms. The summed E-state index contributed by atoms with van der Waals surface area (Å²) in [4.78, 5) is 26.0. The minimum absolute atomic E-state index is 0.0392. The second-order valence-electron chi connectivity index (χ2n) is 4.96. The highest BCUT2D eigenvalue weighted by atomic mass is 16.5. The normalized spacial score (nSPS) is 17.4. The molecule has 0 amide bonds. The van der Waals surface area contributed by atoms with E-state index in [0.717, 1.165) is 5.56 Å². The summed E-state index contributed by atoms with van der Waals surface area (Å²) >= 11 is 0.